The van der Waals surface area contributed by atoms with E-state index in [1.807, 2.05) is 36.4 Å². The number of hydrogen-bond acceptors (Lipinski definition) is 8. The molecule has 0 spiro atoms. The molecule has 0 saturated heterocycles. The first kappa shape index (κ1) is 18.0. The van der Waals surface area contributed by atoms with Crippen molar-refractivity contribution in [2.45, 2.75) is 13.3 Å². The van der Waals surface area contributed by atoms with Gasteiger partial charge in [0.1, 0.15) is 17.8 Å². The number of nitrogens with one attached hydrogen (secondary N) is 2. The minimum Gasteiger partial charge on any atom is -0.497 e. The number of nitrogens with zero attached hydrogens (tertiary/aromatic N) is 3. The minimum atomic E-state index is 0.435. The van der Waals surface area contributed by atoms with Crippen LogP contribution in [0.15, 0.2) is 48.8 Å². The molecule has 4 N–H and O–H groups in total. The Morgan fingerprint density at radius 1 is 1.07 bits per heavy atom. The van der Waals surface area contributed by atoms with Crippen molar-refractivity contribution in [2.75, 3.05) is 23.5 Å². The van der Waals surface area contributed by atoms with Gasteiger partial charge in [-0.3, -0.25) is 0 Å². The zero-order chi connectivity index (χ0) is 19.5. The standard InChI is InChI=1S/C20H20N6OS/c1-3-12-6-4-5-7-14(12)24-18-17(21)19(23-11-22-18)26-20-25-15-9-8-13(27-2)10-16(15)28-20/h4-11H,3,21H2,1-2H3,(H2,22,23,24,25,26). The average molecular weight is 392 g/mol. The Balaban J connectivity index is 1.61. The highest BCUT2D eigenvalue weighted by Crippen LogP contribution is 2.33. The Kier molecular flexibility index (Phi) is 4.94. The van der Waals surface area contributed by atoms with Gasteiger partial charge in [-0.1, -0.05) is 36.5 Å². The Morgan fingerprint density at radius 3 is 2.64 bits per heavy atom. The van der Waals surface area contributed by atoms with Gasteiger partial charge in [-0.2, -0.15) is 0 Å². The smallest absolute Gasteiger partial charge is 0.189 e. The number of nitrogens with two attached hydrogens (primary N) is 1. The van der Waals surface area contributed by atoms with Gasteiger partial charge < -0.3 is 21.1 Å². The van der Waals surface area contributed by atoms with Crippen molar-refractivity contribution >= 4 is 49.7 Å². The summed E-state index contributed by atoms with van der Waals surface area (Å²) in [5.41, 5.74) is 9.81. The Labute approximate surface area is 166 Å². The number of methoxy groups -OCH3 is 1. The van der Waals surface area contributed by atoms with Gasteiger partial charge in [-0.15, -0.1) is 0 Å². The molecule has 0 radical (unpaired) electrons. The van der Waals surface area contributed by atoms with Gasteiger partial charge in [0.15, 0.2) is 16.8 Å². The van der Waals surface area contributed by atoms with E-state index in [4.69, 9.17) is 10.5 Å². The number of rotatable bonds is 6. The molecule has 0 bridgehead atoms. The van der Waals surface area contributed by atoms with Crippen LogP contribution in [0.1, 0.15) is 12.5 Å². The molecular weight excluding hydrogens is 372 g/mol. The van der Waals surface area contributed by atoms with E-state index in [1.165, 1.54) is 23.2 Å². The second-order valence-electron chi connectivity index (χ2n) is 6.10. The molecule has 0 atom stereocenters. The van der Waals surface area contributed by atoms with E-state index in [9.17, 15) is 0 Å². The molecule has 0 unspecified atom stereocenters. The number of fused-ring (bicyclic) bond motifs is 1. The minimum absolute atomic E-state index is 0.435. The number of nitrogen functional groups attached to an aromatic ring is 1. The van der Waals surface area contributed by atoms with Gasteiger partial charge in [-0.05, 0) is 36.2 Å². The Hall–Kier alpha value is -3.39. The van der Waals surface area contributed by atoms with E-state index >= 15 is 0 Å². The molecule has 142 valence electrons. The van der Waals surface area contributed by atoms with Crippen molar-refractivity contribution in [1.29, 1.82) is 0 Å². The van der Waals surface area contributed by atoms with Crippen LogP contribution in [-0.4, -0.2) is 22.1 Å². The van der Waals surface area contributed by atoms with Gasteiger partial charge in [0.2, 0.25) is 0 Å². The molecule has 0 aliphatic carbocycles. The second kappa shape index (κ2) is 7.69. The number of benzene rings is 2. The molecule has 0 aliphatic rings. The highest BCUT2D eigenvalue weighted by Gasteiger charge is 2.12. The third-order valence-corrected chi connectivity index (χ3v) is 5.29. The van der Waals surface area contributed by atoms with Crippen molar-refractivity contribution in [3.63, 3.8) is 0 Å². The molecule has 0 saturated carbocycles. The van der Waals surface area contributed by atoms with Gasteiger partial charge in [-0.25, -0.2) is 15.0 Å². The highest BCUT2D eigenvalue weighted by atomic mass is 32.1. The molecule has 28 heavy (non-hydrogen) atoms. The van der Waals surface area contributed by atoms with E-state index < -0.39 is 0 Å². The molecule has 7 nitrogen and oxygen atoms in total. The molecule has 2 aromatic carbocycles. The van der Waals surface area contributed by atoms with Crippen LogP contribution in [0.4, 0.5) is 28.1 Å². The maximum atomic E-state index is 6.32. The molecule has 8 heteroatoms. The van der Waals surface area contributed by atoms with Crippen LogP contribution in [-0.2, 0) is 6.42 Å². The summed E-state index contributed by atoms with van der Waals surface area (Å²) < 4.78 is 6.29. The van der Waals surface area contributed by atoms with Gasteiger partial charge in [0.25, 0.3) is 0 Å². The maximum Gasteiger partial charge on any atom is 0.189 e. The van der Waals surface area contributed by atoms with E-state index in [-0.39, 0.29) is 0 Å². The first-order valence-corrected chi connectivity index (χ1v) is 9.66. The highest BCUT2D eigenvalue weighted by molar-refractivity contribution is 7.22. The average Bonchev–Trinajstić information content (AvgIpc) is 3.12. The van der Waals surface area contributed by atoms with E-state index in [2.05, 4.69) is 38.6 Å². The van der Waals surface area contributed by atoms with Gasteiger partial charge in [0.05, 0.1) is 17.3 Å². The van der Waals surface area contributed by atoms with Gasteiger partial charge >= 0.3 is 0 Å². The number of ether oxygens (including phenoxy) is 1. The van der Waals surface area contributed by atoms with Crippen LogP contribution in [0.2, 0.25) is 0 Å². The molecule has 0 aliphatic heterocycles. The summed E-state index contributed by atoms with van der Waals surface area (Å²) in [5.74, 6) is 1.86. The second-order valence-corrected chi connectivity index (χ2v) is 7.13. The van der Waals surface area contributed by atoms with Crippen molar-refractivity contribution < 1.29 is 4.74 Å². The van der Waals surface area contributed by atoms with E-state index in [0.29, 0.717) is 22.5 Å². The maximum absolute atomic E-state index is 6.32. The molecule has 4 aromatic rings. The number of thiazole rings is 1. The largest absolute Gasteiger partial charge is 0.497 e. The normalized spacial score (nSPS) is 10.8. The molecular formula is C20H20N6OS. The predicted molar refractivity (Wildman–Crippen MR) is 115 cm³/mol. The van der Waals surface area contributed by atoms with Crippen LogP contribution in [0.25, 0.3) is 10.2 Å². The van der Waals surface area contributed by atoms with Crippen LogP contribution in [0.5, 0.6) is 5.75 Å². The van der Waals surface area contributed by atoms with Crippen molar-refractivity contribution in [1.82, 2.24) is 15.0 Å². The number of para-hydroxylation sites is 1. The lowest BCUT2D eigenvalue weighted by Crippen LogP contribution is -2.06. The topological polar surface area (TPSA) is 98.0 Å². The fourth-order valence-electron chi connectivity index (χ4n) is 2.86. The zero-order valence-electron chi connectivity index (χ0n) is 15.6. The third kappa shape index (κ3) is 3.54. The number of aryl methyl sites for hydroxylation is 1. The lowest BCUT2D eigenvalue weighted by Gasteiger charge is -2.13. The quantitative estimate of drug-likeness (QED) is 0.436. The summed E-state index contributed by atoms with van der Waals surface area (Å²) in [6.45, 7) is 2.11. The third-order valence-electron chi connectivity index (χ3n) is 4.36. The predicted octanol–water partition coefficient (Wildman–Crippen LogP) is 4.73. The van der Waals surface area contributed by atoms with Crippen molar-refractivity contribution in [3.8, 4) is 5.75 Å². The fourth-order valence-corrected chi connectivity index (χ4v) is 3.75. The van der Waals surface area contributed by atoms with Crippen LogP contribution < -0.4 is 21.1 Å². The summed E-state index contributed by atoms with van der Waals surface area (Å²) >= 11 is 1.51. The number of hydrogen-bond donors (Lipinski definition) is 3. The summed E-state index contributed by atoms with van der Waals surface area (Å²) in [6.07, 6.45) is 2.39. The van der Waals surface area contributed by atoms with Crippen LogP contribution in [0.3, 0.4) is 0 Å². The first-order valence-electron chi connectivity index (χ1n) is 8.85. The monoisotopic (exact) mass is 392 g/mol. The number of anilines is 5. The summed E-state index contributed by atoms with van der Waals surface area (Å²) in [5, 5.41) is 7.22. The number of aromatic nitrogens is 3. The Bertz CT molecular complexity index is 1130. The van der Waals surface area contributed by atoms with Crippen molar-refractivity contribution in [2.24, 2.45) is 0 Å². The fraction of sp³-hybridized carbons (Fsp3) is 0.150. The van der Waals surface area contributed by atoms with Crippen molar-refractivity contribution in [3.05, 3.63) is 54.4 Å². The van der Waals surface area contributed by atoms with Crippen LogP contribution >= 0.6 is 11.3 Å². The Morgan fingerprint density at radius 2 is 1.86 bits per heavy atom. The lowest BCUT2D eigenvalue weighted by atomic mass is 10.1. The summed E-state index contributed by atoms with van der Waals surface area (Å²) in [7, 11) is 1.65. The lowest BCUT2D eigenvalue weighted by molar-refractivity contribution is 0.415. The van der Waals surface area contributed by atoms with E-state index in [1.54, 1.807) is 7.11 Å². The zero-order valence-corrected chi connectivity index (χ0v) is 16.4. The molecule has 2 heterocycles. The molecule has 2 aromatic heterocycles. The molecule has 0 fully saturated rings. The molecule has 4 rings (SSSR count). The van der Waals surface area contributed by atoms with Gasteiger partial charge in [0, 0.05) is 5.69 Å². The summed E-state index contributed by atoms with van der Waals surface area (Å²) in [6, 6.07) is 13.8. The molecule has 0 amide bonds. The SMILES string of the molecule is CCc1ccccc1Nc1ncnc(Nc2nc3ccc(OC)cc3s2)c1N. The van der Waals surface area contributed by atoms with Crippen LogP contribution in [0, 0.1) is 0 Å². The summed E-state index contributed by atoms with van der Waals surface area (Å²) in [4.78, 5) is 13.2. The van der Waals surface area contributed by atoms with E-state index in [0.717, 1.165) is 28.1 Å². The first-order chi connectivity index (χ1) is 13.7.